The third-order valence-corrected chi connectivity index (χ3v) is 5.09. The molecule has 1 aromatic carbocycles. The van der Waals surface area contributed by atoms with E-state index in [-0.39, 0.29) is 24.2 Å². The molecule has 4 rings (SSSR count). The zero-order chi connectivity index (χ0) is 19.3. The molecule has 10 heteroatoms. The molecule has 0 atom stereocenters. The molecule has 1 aliphatic heterocycles. The van der Waals surface area contributed by atoms with Crippen LogP contribution in [0.2, 0.25) is 0 Å². The summed E-state index contributed by atoms with van der Waals surface area (Å²) in [6.45, 7) is 2.03. The zero-order valence-electron chi connectivity index (χ0n) is 15.4. The fraction of sp³-hybridized carbons (Fsp3) is 0.389. The Kier molecular flexibility index (Phi) is 5.56. The maximum absolute atomic E-state index is 12.2. The Morgan fingerprint density at radius 3 is 2.82 bits per heavy atom. The normalized spacial score (nSPS) is 13.8. The topological polar surface area (TPSA) is 106 Å². The molecule has 1 saturated heterocycles. The molecule has 28 heavy (non-hydrogen) atoms. The van der Waals surface area contributed by atoms with Crippen LogP contribution in [0, 0.1) is 0 Å². The molecule has 9 nitrogen and oxygen atoms in total. The minimum Gasteiger partial charge on any atom is -0.467 e. The quantitative estimate of drug-likeness (QED) is 0.596. The maximum Gasteiger partial charge on any atom is 0.321 e. The Hall–Kier alpha value is -2.88. The first-order chi connectivity index (χ1) is 13.7. The second-order valence-corrected chi connectivity index (χ2v) is 7.17. The summed E-state index contributed by atoms with van der Waals surface area (Å²) in [4.78, 5) is 31.6. The van der Waals surface area contributed by atoms with Crippen molar-refractivity contribution in [1.82, 2.24) is 25.3 Å². The van der Waals surface area contributed by atoms with Crippen LogP contribution in [-0.4, -0.2) is 51.8 Å². The third-order valence-electron chi connectivity index (χ3n) is 4.27. The summed E-state index contributed by atoms with van der Waals surface area (Å²) in [6, 6.07) is 7.75. The van der Waals surface area contributed by atoms with Crippen molar-refractivity contribution < 1.29 is 13.9 Å². The number of nitrogens with zero attached hydrogens (tertiary/aromatic N) is 5. The summed E-state index contributed by atoms with van der Waals surface area (Å²) < 4.78 is 10.8. The number of oxazole rings is 1. The first kappa shape index (κ1) is 18.5. The Morgan fingerprint density at radius 1 is 1.21 bits per heavy atom. The lowest BCUT2D eigenvalue weighted by Gasteiger charge is -2.16. The van der Waals surface area contributed by atoms with Crippen LogP contribution in [0.3, 0.4) is 0 Å². The van der Waals surface area contributed by atoms with Crippen molar-refractivity contribution in [3.8, 4) is 6.01 Å². The summed E-state index contributed by atoms with van der Waals surface area (Å²) in [5, 5.41) is 3.28. The van der Waals surface area contributed by atoms with Gasteiger partial charge in [-0.05, 0) is 25.0 Å². The molecule has 0 aliphatic carbocycles. The molecule has 0 unspecified atom stereocenters. The summed E-state index contributed by atoms with van der Waals surface area (Å²) >= 11 is 1.24. The summed E-state index contributed by atoms with van der Waals surface area (Å²) in [5.41, 5.74) is 1.48. The highest BCUT2D eigenvalue weighted by Crippen LogP contribution is 2.23. The molecule has 0 radical (unpaired) electrons. The average Bonchev–Trinajstić information content (AvgIpc) is 3.40. The fourth-order valence-electron chi connectivity index (χ4n) is 2.88. The van der Waals surface area contributed by atoms with Crippen LogP contribution < -0.4 is 15.0 Å². The summed E-state index contributed by atoms with van der Waals surface area (Å²) in [7, 11) is 1.52. The second kappa shape index (κ2) is 8.42. The molecule has 146 valence electrons. The van der Waals surface area contributed by atoms with Gasteiger partial charge in [0.15, 0.2) is 11.4 Å². The van der Waals surface area contributed by atoms with E-state index in [1.54, 1.807) is 0 Å². The van der Waals surface area contributed by atoms with E-state index in [0.717, 1.165) is 31.4 Å². The van der Waals surface area contributed by atoms with Crippen LogP contribution >= 0.6 is 11.8 Å². The number of methoxy groups -OCH3 is 1. The SMILES string of the molecule is COc1nc(CNC(=O)CSc2nc3ccccc3o2)nc(N2CCCC2)n1. The lowest BCUT2D eigenvalue weighted by atomic mass is 10.3. The van der Waals surface area contributed by atoms with Gasteiger partial charge in [0.1, 0.15) is 5.52 Å². The van der Waals surface area contributed by atoms with Gasteiger partial charge in [0.05, 0.1) is 19.4 Å². The van der Waals surface area contributed by atoms with Crippen molar-refractivity contribution in [3.63, 3.8) is 0 Å². The van der Waals surface area contributed by atoms with E-state index in [4.69, 9.17) is 9.15 Å². The molecular weight excluding hydrogens is 380 g/mol. The number of ether oxygens (including phenoxy) is 1. The van der Waals surface area contributed by atoms with Gasteiger partial charge in [0, 0.05) is 13.1 Å². The monoisotopic (exact) mass is 400 g/mol. The van der Waals surface area contributed by atoms with E-state index in [1.807, 2.05) is 24.3 Å². The minimum absolute atomic E-state index is 0.158. The predicted molar refractivity (Wildman–Crippen MR) is 104 cm³/mol. The van der Waals surface area contributed by atoms with Crippen molar-refractivity contribution in [3.05, 3.63) is 30.1 Å². The number of amides is 1. The lowest BCUT2D eigenvalue weighted by Crippen LogP contribution is -2.27. The third kappa shape index (κ3) is 4.33. The Balaban J connectivity index is 1.34. The summed E-state index contributed by atoms with van der Waals surface area (Å²) in [5.74, 6) is 1.09. The van der Waals surface area contributed by atoms with Crippen molar-refractivity contribution in [2.75, 3.05) is 30.9 Å². The van der Waals surface area contributed by atoms with Crippen LogP contribution in [0.5, 0.6) is 6.01 Å². The molecule has 3 heterocycles. The second-order valence-electron chi connectivity index (χ2n) is 6.25. The van der Waals surface area contributed by atoms with Crippen molar-refractivity contribution in [1.29, 1.82) is 0 Å². The first-order valence-electron chi connectivity index (χ1n) is 9.00. The number of benzene rings is 1. The number of fused-ring (bicyclic) bond motifs is 1. The van der Waals surface area contributed by atoms with Crippen LogP contribution in [0.15, 0.2) is 33.9 Å². The summed E-state index contributed by atoms with van der Waals surface area (Å²) in [6.07, 6.45) is 2.24. The number of para-hydroxylation sites is 2. The van der Waals surface area contributed by atoms with Gasteiger partial charge in [0.2, 0.25) is 11.9 Å². The zero-order valence-corrected chi connectivity index (χ0v) is 16.2. The molecule has 1 aliphatic rings. The van der Waals surface area contributed by atoms with Crippen LogP contribution in [0.25, 0.3) is 11.1 Å². The molecule has 1 amide bonds. The van der Waals surface area contributed by atoms with Gasteiger partial charge in [-0.3, -0.25) is 4.79 Å². The van der Waals surface area contributed by atoms with Crippen molar-refractivity contribution in [2.45, 2.75) is 24.6 Å². The number of thioether (sulfide) groups is 1. The van der Waals surface area contributed by atoms with Crippen molar-refractivity contribution >= 4 is 34.7 Å². The van der Waals surface area contributed by atoms with Gasteiger partial charge in [-0.2, -0.15) is 15.0 Å². The van der Waals surface area contributed by atoms with Gasteiger partial charge in [-0.1, -0.05) is 23.9 Å². The van der Waals surface area contributed by atoms with Crippen LogP contribution in [0.4, 0.5) is 5.95 Å². The highest BCUT2D eigenvalue weighted by molar-refractivity contribution is 7.99. The molecule has 2 aromatic heterocycles. The molecule has 0 spiro atoms. The van der Waals surface area contributed by atoms with Gasteiger partial charge >= 0.3 is 6.01 Å². The van der Waals surface area contributed by atoms with Crippen LogP contribution in [-0.2, 0) is 11.3 Å². The number of hydrogen-bond acceptors (Lipinski definition) is 9. The van der Waals surface area contributed by atoms with E-state index in [9.17, 15) is 4.79 Å². The number of anilines is 1. The molecule has 0 saturated carbocycles. The maximum atomic E-state index is 12.2. The Labute approximate surface area is 165 Å². The number of nitrogens with one attached hydrogen (secondary N) is 1. The minimum atomic E-state index is -0.158. The number of rotatable bonds is 7. The van der Waals surface area contributed by atoms with Gasteiger partial charge in [-0.25, -0.2) is 4.98 Å². The first-order valence-corrected chi connectivity index (χ1v) is 9.99. The Bertz CT molecular complexity index is 940. The average molecular weight is 400 g/mol. The van der Waals surface area contributed by atoms with E-state index >= 15 is 0 Å². The standard InChI is InChI=1S/C18H20N6O3S/c1-26-17-22-14(21-16(23-17)24-8-4-5-9-24)10-19-15(25)11-28-18-20-12-6-2-3-7-13(12)27-18/h2-3,6-7H,4-5,8-11H2,1H3,(H,19,25). The molecule has 0 bridgehead atoms. The predicted octanol–water partition coefficient (Wildman–Crippen LogP) is 2.03. The van der Waals surface area contributed by atoms with E-state index in [0.29, 0.717) is 22.6 Å². The van der Waals surface area contributed by atoms with Gasteiger partial charge in [-0.15, -0.1) is 0 Å². The van der Waals surface area contributed by atoms with E-state index in [2.05, 4.69) is 30.2 Å². The number of carbonyl (C=O) groups is 1. The highest BCUT2D eigenvalue weighted by Gasteiger charge is 2.18. The largest absolute Gasteiger partial charge is 0.467 e. The number of hydrogen-bond donors (Lipinski definition) is 1. The lowest BCUT2D eigenvalue weighted by molar-refractivity contribution is -0.118. The molecule has 1 N–H and O–H groups in total. The number of aromatic nitrogens is 4. The van der Waals surface area contributed by atoms with E-state index < -0.39 is 0 Å². The van der Waals surface area contributed by atoms with Crippen LogP contribution in [0.1, 0.15) is 18.7 Å². The smallest absolute Gasteiger partial charge is 0.321 e. The molecular formula is C18H20N6O3S. The number of carbonyl (C=O) groups excluding carboxylic acids is 1. The fourth-order valence-corrected chi connectivity index (χ4v) is 3.55. The Morgan fingerprint density at radius 2 is 2.04 bits per heavy atom. The van der Waals surface area contributed by atoms with Crippen molar-refractivity contribution in [2.24, 2.45) is 0 Å². The van der Waals surface area contributed by atoms with Gasteiger partial charge < -0.3 is 19.4 Å². The van der Waals surface area contributed by atoms with Gasteiger partial charge in [0.25, 0.3) is 5.22 Å². The van der Waals surface area contributed by atoms with E-state index in [1.165, 1.54) is 18.9 Å². The molecule has 3 aromatic rings. The molecule has 1 fully saturated rings. The highest BCUT2D eigenvalue weighted by atomic mass is 32.2.